The highest BCUT2D eigenvalue weighted by Gasteiger charge is 2.77. The molecule has 1 aliphatic rings. The minimum Gasteiger partial charge on any atom is -0.430 e. The fraction of sp³-hybridized carbons (Fsp3) is 0.714. The van der Waals surface area contributed by atoms with Gasteiger partial charge in [0, 0.05) is 14.1 Å². The highest BCUT2D eigenvalue weighted by molar-refractivity contribution is 6.37. The predicted molar refractivity (Wildman–Crippen MR) is 44.8 cm³/mol. The number of hydrogen-bond donors (Lipinski definition) is 1. The molecule has 1 heterocycles. The topological polar surface area (TPSA) is 48.7 Å². The molecule has 0 bridgehead atoms. The fourth-order valence-electron chi connectivity index (χ4n) is 1.12. The largest absolute Gasteiger partial charge is 0.460 e. The van der Waals surface area contributed by atoms with E-state index >= 15 is 0 Å². The standard InChI is InChI=1S/C7H7F6N3O/c1-16(2)4-3(14)17-5(15-4,6(8,9)10)7(11,12)13/h14H,1-2H3. The van der Waals surface area contributed by atoms with Crippen molar-refractivity contribution in [1.29, 1.82) is 5.41 Å². The summed E-state index contributed by atoms with van der Waals surface area (Å²) in [5, 5.41) is 6.96. The van der Waals surface area contributed by atoms with Crippen molar-refractivity contribution in [2.24, 2.45) is 4.99 Å². The Morgan fingerprint density at radius 1 is 1.12 bits per heavy atom. The van der Waals surface area contributed by atoms with Crippen LogP contribution in [0, 0.1) is 5.41 Å². The summed E-state index contributed by atoms with van der Waals surface area (Å²) in [6, 6.07) is 0. The van der Waals surface area contributed by atoms with Crippen molar-refractivity contribution in [3.8, 4) is 0 Å². The summed E-state index contributed by atoms with van der Waals surface area (Å²) in [7, 11) is 2.30. The third kappa shape index (κ3) is 1.91. The number of nitrogens with one attached hydrogen (secondary N) is 1. The van der Waals surface area contributed by atoms with Gasteiger partial charge < -0.3 is 9.64 Å². The molecule has 10 heteroatoms. The van der Waals surface area contributed by atoms with Gasteiger partial charge in [0.05, 0.1) is 0 Å². The first-order chi connectivity index (χ1) is 7.42. The maximum Gasteiger partial charge on any atom is 0.460 e. The first kappa shape index (κ1) is 13.6. The first-order valence-electron chi connectivity index (χ1n) is 4.11. The van der Waals surface area contributed by atoms with E-state index in [-0.39, 0.29) is 0 Å². The van der Waals surface area contributed by atoms with E-state index < -0.39 is 29.8 Å². The van der Waals surface area contributed by atoms with E-state index in [9.17, 15) is 26.3 Å². The van der Waals surface area contributed by atoms with Gasteiger partial charge in [0.2, 0.25) is 0 Å². The van der Waals surface area contributed by atoms with Crippen molar-refractivity contribution in [3.63, 3.8) is 0 Å². The number of hydrogen-bond acceptors (Lipinski definition) is 4. The number of rotatable bonds is 0. The van der Waals surface area contributed by atoms with Crippen LogP contribution in [-0.2, 0) is 4.74 Å². The summed E-state index contributed by atoms with van der Waals surface area (Å²) in [5.41, 5.74) is -4.68. The highest BCUT2D eigenvalue weighted by Crippen LogP contribution is 2.49. The molecule has 1 rings (SSSR count). The molecular weight excluding hydrogens is 256 g/mol. The Bertz CT molecular complexity index is 355. The highest BCUT2D eigenvalue weighted by atomic mass is 19.4. The molecule has 0 amide bonds. The van der Waals surface area contributed by atoms with Crippen molar-refractivity contribution < 1.29 is 31.1 Å². The maximum atomic E-state index is 12.5. The molecule has 17 heavy (non-hydrogen) atoms. The molecule has 4 nitrogen and oxygen atoms in total. The van der Waals surface area contributed by atoms with E-state index in [4.69, 9.17) is 5.41 Å². The summed E-state index contributed by atoms with van der Waals surface area (Å²) >= 11 is 0. The minimum atomic E-state index is -5.80. The fourth-order valence-corrected chi connectivity index (χ4v) is 1.12. The van der Waals surface area contributed by atoms with Crippen molar-refractivity contribution >= 4 is 11.7 Å². The Kier molecular flexibility index (Phi) is 2.80. The van der Waals surface area contributed by atoms with E-state index in [0.29, 0.717) is 0 Å². The van der Waals surface area contributed by atoms with Gasteiger partial charge in [0.25, 0.3) is 5.90 Å². The summed E-state index contributed by atoms with van der Waals surface area (Å²) in [5.74, 6) is -2.09. The molecule has 0 unspecified atom stereocenters. The lowest BCUT2D eigenvalue weighted by Gasteiger charge is -2.29. The molecule has 1 aliphatic heterocycles. The number of nitrogens with zero attached hydrogens (tertiary/aromatic N) is 2. The summed E-state index contributed by atoms with van der Waals surface area (Å²) < 4.78 is 78.4. The second-order valence-corrected chi connectivity index (χ2v) is 3.40. The van der Waals surface area contributed by atoms with Gasteiger partial charge in [0.15, 0.2) is 5.84 Å². The Morgan fingerprint density at radius 3 is 1.71 bits per heavy atom. The first-order valence-corrected chi connectivity index (χ1v) is 4.11. The van der Waals surface area contributed by atoms with Crippen LogP contribution in [0.25, 0.3) is 0 Å². The van der Waals surface area contributed by atoms with Gasteiger partial charge in [-0.25, -0.2) is 4.99 Å². The molecule has 0 fully saturated rings. The van der Waals surface area contributed by atoms with Gasteiger partial charge >= 0.3 is 18.1 Å². The lowest BCUT2D eigenvalue weighted by Crippen LogP contribution is -2.56. The molecule has 0 aromatic carbocycles. The van der Waals surface area contributed by atoms with Crippen LogP contribution in [0.2, 0.25) is 0 Å². The monoisotopic (exact) mass is 263 g/mol. The molecule has 98 valence electrons. The van der Waals surface area contributed by atoms with E-state index in [1.54, 1.807) is 0 Å². The number of amidine groups is 1. The number of alkyl halides is 6. The predicted octanol–water partition coefficient (Wildman–Crippen LogP) is 1.77. The smallest absolute Gasteiger partial charge is 0.430 e. The van der Waals surface area contributed by atoms with Crippen LogP contribution in [0.15, 0.2) is 4.99 Å². The lowest BCUT2D eigenvalue weighted by atomic mass is 10.2. The second kappa shape index (κ2) is 3.50. The summed E-state index contributed by atoms with van der Waals surface area (Å²) in [6.07, 6.45) is -11.6. The lowest BCUT2D eigenvalue weighted by molar-refractivity contribution is -0.355. The van der Waals surface area contributed by atoms with Crippen LogP contribution in [0.4, 0.5) is 26.3 Å². The summed E-state index contributed by atoms with van der Waals surface area (Å²) in [4.78, 5) is 3.32. The Hall–Kier alpha value is -1.48. The SMILES string of the molecule is CN(C)C1=NC(C(F)(F)F)(C(F)(F)F)OC1=N. The average Bonchev–Trinajstić information content (AvgIpc) is 2.41. The molecule has 0 saturated carbocycles. The molecule has 0 radical (unpaired) electrons. The molecule has 0 saturated heterocycles. The van der Waals surface area contributed by atoms with Gasteiger partial charge in [-0.3, -0.25) is 5.41 Å². The average molecular weight is 263 g/mol. The van der Waals surface area contributed by atoms with Crippen LogP contribution in [0.3, 0.4) is 0 Å². The molecule has 0 aliphatic carbocycles. The van der Waals surface area contributed by atoms with Gasteiger partial charge in [-0.2, -0.15) is 26.3 Å². The number of likely N-dealkylation sites (N-methyl/N-ethyl adjacent to an activating group) is 1. The van der Waals surface area contributed by atoms with Crippen molar-refractivity contribution in [1.82, 2.24) is 4.90 Å². The number of ether oxygens (including phenoxy) is 1. The summed E-state index contributed by atoms with van der Waals surface area (Å²) in [6.45, 7) is 0. The van der Waals surface area contributed by atoms with Crippen LogP contribution >= 0.6 is 0 Å². The molecule has 0 spiro atoms. The van der Waals surface area contributed by atoms with Gasteiger partial charge in [-0.05, 0) is 0 Å². The van der Waals surface area contributed by atoms with E-state index in [1.165, 1.54) is 0 Å². The van der Waals surface area contributed by atoms with E-state index in [0.717, 1.165) is 19.0 Å². The second-order valence-electron chi connectivity index (χ2n) is 3.40. The zero-order valence-electron chi connectivity index (χ0n) is 8.57. The molecular formula is C7H7F6N3O. The van der Waals surface area contributed by atoms with E-state index in [1.807, 2.05) is 0 Å². The van der Waals surface area contributed by atoms with Crippen LogP contribution in [-0.4, -0.2) is 48.8 Å². The zero-order valence-corrected chi connectivity index (χ0v) is 8.57. The van der Waals surface area contributed by atoms with Crippen LogP contribution < -0.4 is 0 Å². The molecule has 0 atom stereocenters. The number of aliphatic imine (C=N–C) groups is 1. The van der Waals surface area contributed by atoms with Gasteiger partial charge in [0.1, 0.15) is 0 Å². The Morgan fingerprint density at radius 2 is 1.53 bits per heavy atom. The van der Waals surface area contributed by atoms with Crippen LogP contribution in [0.1, 0.15) is 0 Å². The van der Waals surface area contributed by atoms with Crippen LogP contribution in [0.5, 0.6) is 0 Å². The molecule has 0 aromatic rings. The van der Waals surface area contributed by atoms with Gasteiger partial charge in [-0.1, -0.05) is 0 Å². The number of halogens is 6. The maximum absolute atomic E-state index is 12.5. The normalized spacial score (nSPS) is 20.0. The van der Waals surface area contributed by atoms with Crippen molar-refractivity contribution in [3.05, 3.63) is 0 Å². The third-order valence-electron chi connectivity index (χ3n) is 1.91. The Balaban J connectivity index is 3.37. The van der Waals surface area contributed by atoms with Gasteiger partial charge in [-0.15, -0.1) is 0 Å². The Labute approximate surface area is 91.4 Å². The zero-order chi connectivity index (χ0) is 13.6. The minimum absolute atomic E-state index is 0.820. The van der Waals surface area contributed by atoms with Crippen molar-refractivity contribution in [2.45, 2.75) is 18.1 Å². The molecule has 1 N–H and O–H groups in total. The van der Waals surface area contributed by atoms with E-state index in [2.05, 4.69) is 9.73 Å². The molecule has 0 aromatic heterocycles. The van der Waals surface area contributed by atoms with Crippen molar-refractivity contribution in [2.75, 3.05) is 14.1 Å². The quantitative estimate of drug-likeness (QED) is 0.677. The third-order valence-corrected chi connectivity index (χ3v) is 1.91.